The van der Waals surface area contributed by atoms with Gasteiger partial charge in [0.1, 0.15) is 18.2 Å². The maximum atomic E-state index is 13.5. The van der Waals surface area contributed by atoms with Crippen LogP contribution in [0.1, 0.15) is 66.7 Å². The summed E-state index contributed by atoms with van der Waals surface area (Å²) in [4.78, 5) is 38.9. The van der Waals surface area contributed by atoms with Gasteiger partial charge in [0, 0.05) is 23.2 Å². The van der Waals surface area contributed by atoms with Crippen LogP contribution in [0.3, 0.4) is 0 Å². The van der Waals surface area contributed by atoms with Crippen molar-refractivity contribution in [2.45, 2.75) is 84.1 Å². The van der Waals surface area contributed by atoms with Gasteiger partial charge in [-0.05, 0) is 49.9 Å². The molecule has 4 rings (SSSR count). The Bertz CT molecular complexity index is 1020. The molecule has 9 heteroatoms. The predicted molar refractivity (Wildman–Crippen MR) is 136 cm³/mol. The van der Waals surface area contributed by atoms with E-state index in [-0.39, 0.29) is 40.7 Å². The van der Waals surface area contributed by atoms with E-state index in [4.69, 9.17) is 9.47 Å². The van der Waals surface area contributed by atoms with Crippen molar-refractivity contribution in [1.82, 2.24) is 15.0 Å². The van der Waals surface area contributed by atoms with E-state index >= 15 is 0 Å². The summed E-state index contributed by atoms with van der Waals surface area (Å²) >= 11 is 1.16. The fraction of sp³-hybridized carbons (Fsp3) is 0.741. The maximum Gasteiger partial charge on any atom is 0.320 e. The lowest BCUT2D eigenvalue weighted by molar-refractivity contribution is -0.205. The Kier molecular flexibility index (Phi) is 7.55. The van der Waals surface area contributed by atoms with E-state index in [0.29, 0.717) is 24.6 Å². The second kappa shape index (κ2) is 10.0. The SMILES string of the molecule is C=C[C@]1(C)C[C@@H](OC(=O)CSc2ncnc(OCC)n2)[C@]2(C)[C@H](C)CC[C@]3(CCC(=O)[C@H]32)[C@@H](C)[C@@H]1O. The minimum absolute atomic E-state index is 0.0179. The topological polar surface area (TPSA) is 112 Å². The van der Waals surface area contributed by atoms with Gasteiger partial charge in [-0.3, -0.25) is 9.59 Å². The van der Waals surface area contributed by atoms with Crippen LogP contribution in [0.5, 0.6) is 6.01 Å². The Labute approximate surface area is 218 Å². The van der Waals surface area contributed by atoms with Crippen molar-refractivity contribution in [3.8, 4) is 6.01 Å². The number of esters is 1. The molecular formula is C27H39N3O5S. The van der Waals surface area contributed by atoms with E-state index in [0.717, 1.165) is 31.0 Å². The number of aliphatic hydroxyl groups is 1. The first-order chi connectivity index (χ1) is 17.0. The molecule has 1 heterocycles. The van der Waals surface area contributed by atoms with Crippen molar-refractivity contribution in [1.29, 1.82) is 0 Å². The zero-order valence-electron chi connectivity index (χ0n) is 22.0. The highest BCUT2D eigenvalue weighted by atomic mass is 32.2. The zero-order valence-corrected chi connectivity index (χ0v) is 22.8. The minimum Gasteiger partial charge on any atom is -0.464 e. The molecule has 36 heavy (non-hydrogen) atoms. The Balaban J connectivity index is 1.64. The molecule has 8 nitrogen and oxygen atoms in total. The van der Waals surface area contributed by atoms with E-state index < -0.39 is 29.0 Å². The summed E-state index contributed by atoms with van der Waals surface area (Å²) in [6, 6.07) is 0.216. The lowest BCUT2D eigenvalue weighted by Gasteiger charge is -2.61. The predicted octanol–water partition coefficient (Wildman–Crippen LogP) is 4.27. The van der Waals surface area contributed by atoms with Gasteiger partial charge in [0.05, 0.1) is 18.5 Å². The molecule has 198 valence electrons. The van der Waals surface area contributed by atoms with E-state index in [1.54, 1.807) is 6.08 Å². The van der Waals surface area contributed by atoms with E-state index in [1.807, 2.05) is 13.8 Å². The molecule has 0 radical (unpaired) electrons. The standard InChI is InChI=1S/C27H39N3O5S/c1-7-25(5)13-19(35-20(32)14-36-24-29-15-28-23(30-24)34-8-2)26(6)16(3)9-11-27(17(4)22(25)33)12-10-18(31)21(26)27/h7,15-17,19,21-22,33H,1,8-14H2,2-6H3/t16-,17+,19-,21+,22+,25-,26+,27+/m1/s1. The highest BCUT2D eigenvalue weighted by molar-refractivity contribution is 7.99. The lowest BCUT2D eigenvalue weighted by Crippen LogP contribution is -2.63. The number of carbonyl (C=O) groups is 2. The van der Waals surface area contributed by atoms with Crippen molar-refractivity contribution in [3.05, 3.63) is 19.0 Å². The Morgan fingerprint density at radius 3 is 2.75 bits per heavy atom. The molecule has 3 aliphatic carbocycles. The highest BCUT2D eigenvalue weighted by Gasteiger charge is 2.68. The summed E-state index contributed by atoms with van der Waals surface area (Å²) in [5.41, 5.74) is -1.47. The van der Waals surface area contributed by atoms with Crippen molar-refractivity contribution >= 4 is 23.5 Å². The van der Waals surface area contributed by atoms with Gasteiger partial charge in [0.25, 0.3) is 0 Å². The number of thioether (sulfide) groups is 1. The minimum atomic E-state index is -0.681. The van der Waals surface area contributed by atoms with Crippen molar-refractivity contribution in [2.75, 3.05) is 12.4 Å². The third-order valence-electron chi connectivity index (χ3n) is 9.70. The van der Waals surface area contributed by atoms with Gasteiger partial charge in [-0.25, -0.2) is 4.98 Å². The van der Waals surface area contributed by atoms with Gasteiger partial charge in [-0.2, -0.15) is 9.97 Å². The Morgan fingerprint density at radius 2 is 2.06 bits per heavy atom. The van der Waals surface area contributed by atoms with Gasteiger partial charge in [-0.1, -0.05) is 45.5 Å². The molecule has 3 saturated carbocycles. The van der Waals surface area contributed by atoms with E-state index in [1.165, 1.54) is 6.33 Å². The summed E-state index contributed by atoms with van der Waals surface area (Å²) in [5, 5.41) is 12.0. The summed E-state index contributed by atoms with van der Waals surface area (Å²) in [6.07, 6.45) is 5.51. The first-order valence-corrected chi connectivity index (χ1v) is 14.0. The number of aromatic nitrogens is 3. The summed E-state index contributed by atoms with van der Waals surface area (Å²) in [7, 11) is 0. The van der Waals surface area contributed by atoms with Crippen molar-refractivity contribution in [3.63, 3.8) is 0 Å². The molecule has 0 aromatic carbocycles. The Morgan fingerprint density at radius 1 is 1.31 bits per heavy atom. The smallest absolute Gasteiger partial charge is 0.320 e. The molecule has 0 saturated heterocycles. The van der Waals surface area contributed by atoms with Crippen LogP contribution >= 0.6 is 11.8 Å². The summed E-state index contributed by atoms with van der Waals surface area (Å²) < 4.78 is 11.6. The number of hydrogen-bond acceptors (Lipinski definition) is 9. The Hall–Kier alpha value is -2.00. The first-order valence-electron chi connectivity index (χ1n) is 13.0. The van der Waals surface area contributed by atoms with Gasteiger partial charge in [-0.15, -0.1) is 6.58 Å². The van der Waals surface area contributed by atoms with E-state index in [9.17, 15) is 14.7 Å². The van der Waals surface area contributed by atoms with Gasteiger partial charge in [0.15, 0.2) is 5.16 Å². The van der Waals surface area contributed by atoms with Crippen LogP contribution < -0.4 is 4.74 Å². The zero-order chi connectivity index (χ0) is 26.3. The third-order valence-corrected chi connectivity index (χ3v) is 10.5. The fourth-order valence-electron chi connectivity index (χ4n) is 7.35. The number of rotatable bonds is 7. The van der Waals surface area contributed by atoms with Crippen LogP contribution in [-0.2, 0) is 14.3 Å². The van der Waals surface area contributed by atoms with Gasteiger partial charge in [0.2, 0.25) is 0 Å². The highest BCUT2D eigenvalue weighted by Crippen LogP contribution is 2.68. The van der Waals surface area contributed by atoms with Crippen molar-refractivity contribution < 1.29 is 24.2 Å². The number of nitrogens with zero attached hydrogens (tertiary/aromatic N) is 3. The molecule has 1 N–H and O–H groups in total. The molecule has 3 aliphatic rings. The fourth-order valence-corrected chi connectivity index (χ4v) is 7.93. The van der Waals surface area contributed by atoms with Crippen LogP contribution in [-0.4, -0.2) is 56.4 Å². The molecule has 1 aromatic heterocycles. The molecule has 1 aromatic rings. The largest absolute Gasteiger partial charge is 0.464 e. The van der Waals surface area contributed by atoms with Crippen LogP contribution in [0.15, 0.2) is 24.1 Å². The molecule has 0 spiro atoms. The number of aliphatic hydroxyl groups excluding tert-OH is 1. The lowest BCUT2D eigenvalue weighted by atomic mass is 9.44. The van der Waals surface area contributed by atoms with Crippen LogP contribution in [0.2, 0.25) is 0 Å². The molecule has 3 fully saturated rings. The van der Waals surface area contributed by atoms with Gasteiger partial charge >= 0.3 is 12.0 Å². The summed E-state index contributed by atoms with van der Waals surface area (Å²) in [6.45, 7) is 14.7. The van der Waals surface area contributed by atoms with Crippen LogP contribution in [0.25, 0.3) is 0 Å². The third kappa shape index (κ3) is 4.36. The maximum absolute atomic E-state index is 13.5. The number of ether oxygens (including phenoxy) is 2. The number of ketones is 1. The molecule has 0 amide bonds. The molecular weight excluding hydrogens is 478 g/mol. The number of carbonyl (C=O) groups excluding carboxylic acids is 2. The van der Waals surface area contributed by atoms with Crippen LogP contribution in [0.4, 0.5) is 0 Å². The monoisotopic (exact) mass is 517 g/mol. The average Bonchev–Trinajstić information content (AvgIpc) is 3.22. The average molecular weight is 518 g/mol. The van der Waals surface area contributed by atoms with Crippen molar-refractivity contribution in [2.24, 2.45) is 34.0 Å². The summed E-state index contributed by atoms with van der Waals surface area (Å²) in [5.74, 6) is -0.238. The van der Waals surface area contributed by atoms with Gasteiger partial charge < -0.3 is 14.6 Å². The molecule has 8 atom stereocenters. The van der Waals surface area contributed by atoms with E-state index in [2.05, 4.69) is 42.3 Å². The first kappa shape index (κ1) is 27.0. The second-order valence-electron chi connectivity index (χ2n) is 11.3. The second-order valence-corrected chi connectivity index (χ2v) is 12.3. The number of hydrogen-bond donors (Lipinski definition) is 1. The molecule has 0 unspecified atom stereocenters. The quantitative estimate of drug-likeness (QED) is 0.322. The number of Topliss-reactive ketones (excluding diaryl/α,β-unsaturated/α-hetero) is 1. The molecule has 2 bridgehead atoms. The van der Waals surface area contributed by atoms with Crippen LogP contribution in [0, 0.1) is 34.0 Å². The molecule has 0 aliphatic heterocycles. The normalized spacial score (nSPS) is 40.1.